The average molecular weight is 434 g/mol. The summed E-state index contributed by atoms with van der Waals surface area (Å²) in [5.41, 5.74) is -2.51. The second-order valence-corrected chi connectivity index (χ2v) is 7.56. The van der Waals surface area contributed by atoms with E-state index in [0.29, 0.717) is 29.0 Å². The third-order valence-corrected chi connectivity index (χ3v) is 5.01. The maximum atomic E-state index is 14.5. The molecule has 3 rings (SSSR count). The molecule has 12 heteroatoms. The lowest BCUT2D eigenvalue weighted by atomic mass is 10.1. The predicted octanol–water partition coefficient (Wildman–Crippen LogP) is 3.35. The van der Waals surface area contributed by atoms with Crippen LogP contribution in [0.15, 0.2) is 50.7 Å². The number of nitrogens with two attached hydrogens (primary N) is 1. The van der Waals surface area contributed by atoms with Gasteiger partial charge < -0.3 is 4.42 Å². The maximum absolute atomic E-state index is 14.5. The first-order valence-electron chi connectivity index (χ1n) is 7.71. The first-order chi connectivity index (χ1) is 13.3. The van der Waals surface area contributed by atoms with Crippen LogP contribution in [0.4, 0.5) is 22.0 Å². The van der Waals surface area contributed by atoms with Gasteiger partial charge in [0.1, 0.15) is 22.8 Å². The van der Waals surface area contributed by atoms with E-state index in [1.54, 1.807) is 0 Å². The SMILES string of the molecule is Cc1ccc(-n2c(-c3cc(F)c(S(N)(=O)=O)cc3F)coc2=O)cc1C(F)(F)F. The molecule has 0 radical (unpaired) electrons. The molecular formula is C17H11F5N2O4S. The first-order valence-corrected chi connectivity index (χ1v) is 9.26. The van der Waals surface area contributed by atoms with Gasteiger partial charge in [0.05, 0.1) is 16.9 Å². The Hall–Kier alpha value is -2.99. The van der Waals surface area contributed by atoms with Crippen LogP contribution in [0, 0.1) is 18.6 Å². The van der Waals surface area contributed by atoms with Crippen molar-refractivity contribution in [3.8, 4) is 16.9 Å². The van der Waals surface area contributed by atoms with Gasteiger partial charge in [-0.1, -0.05) is 6.07 Å². The third kappa shape index (κ3) is 3.80. The minimum atomic E-state index is -4.72. The normalized spacial score (nSPS) is 12.4. The fourth-order valence-electron chi connectivity index (χ4n) is 2.74. The minimum absolute atomic E-state index is 0.117. The Kier molecular flexibility index (Phi) is 4.87. The Morgan fingerprint density at radius 3 is 2.31 bits per heavy atom. The van der Waals surface area contributed by atoms with Gasteiger partial charge in [-0.05, 0) is 36.8 Å². The lowest BCUT2D eigenvalue weighted by Gasteiger charge is -2.13. The molecular weight excluding hydrogens is 423 g/mol. The molecule has 0 bridgehead atoms. The Morgan fingerprint density at radius 1 is 1.07 bits per heavy atom. The highest BCUT2D eigenvalue weighted by Gasteiger charge is 2.33. The third-order valence-electron chi connectivity index (χ3n) is 4.08. The molecule has 0 spiro atoms. The maximum Gasteiger partial charge on any atom is 0.424 e. The summed E-state index contributed by atoms with van der Waals surface area (Å²) in [5.74, 6) is -3.86. The van der Waals surface area contributed by atoms with Gasteiger partial charge in [0.25, 0.3) is 0 Å². The summed E-state index contributed by atoms with van der Waals surface area (Å²) in [6, 6.07) is 3.68. The molecule has 1 heterocycles. The number of nitrogens with zero attached hydrogens (tertiary/aromatic N) is 1. The van der Waals surface area contributed by atoms with E-state index in [4.69, 9.17) is 5.14 Å². The molecule has 0 amide bonds. The molecule has 154 valence electrons. The van der Waals surface area contributed by atoms with Crippen LogP contribution in [-0.2, 0) is 16.2 Å². The molecule has 6 nitrogen and oxygen atoms in total. The van der Waals surface area contributed by atoms with Gasteiger partial charge in [-0.2, -0.15) is 13.2 Å². The number of halogens is 5. The van der Waals surface area contributed by atoms with Gasteiger partial charge >= 0.3 is 11.9 Å². The standard InChI is InChI=1S/C17H11F5N2O4S/c1-8-2-3-9(4-11(8)17(20,21)22)24-14(7-28-16(24)25)10-5-13(19)15(6-12(10)18)29(23,26)27/h2-7H,1H3,(H2,23,26,27). The van der Waals surface area contributed by atoms with Crippen molar-refractivity contribution < 1.29 is 34.8 Å². The number of aryl methyl sites for hydroxylation is 1. The van der Waals surface area contributed by atoms with Crippen molar-refractivity contribution >= 4 is 10.0 Å². The predicted molar refractivity (Wildman–Crippen MR) is 90.8 cm³/mol. The molecule has 0 fully saturated rings. The highest BCUT2D eigenvalue weighted by Crippen LogP contribution is 2.34. The van der Waals surface area contributed by atoms with E-state index >= 15 is 0 Å². The molecule has 0 atom stereocenters. The lowest BCUT2D eigenvalue weighted by Crippen LogP contribution is -2.17. The van der Waals surface area contributed by atoms with Crippen molar-refractivity contribution in [2.45, 2.75) is 18.0 Å². The second-order valence-electron chi connectivity index (χ2n) is 6.03. The van der Waals surface area contributed by atoms with E-state index in [-0.39, 0.29) is 11.3 Å². The fourth-order valence-corrected chi connectivity index (χ4v) is 3.33. The fraction of sp³-hybridized carbons (Fsp3) is 0.118. The summed E-state index contributed by atoms with van der Waals surface area (Å²) in [5, 5.41) is 4.80. The molecule has 0 aliphatic rings. The summed E-state index contributed by atoms with van der Waals surface area (Å²) >= 11 is 0. The van der Waals surface area contributed by atoms with Crippen molar-refractivity contribution in [2.24, 2.45) is 5.14 Å². The van der Waals surface area contributed by atoms with Crippen LogP contribution in [-0.4, -0.2) is 13.0 Å². The minimum Gasteiger partial charge on any atom is -0.415 e. The van der Waals surface area contributed by atoms with Crippen molar-refractivity contribution in [1.29, 1.82) is 0 Å². The molecule has 3 aromatic rings. The topological polar surface area (TPSA) is 95.3 Å². The summed E-state index contributed by atoms with van der Waals surface area (Å²) in [7, 11) is -4.57. The van der Waals surface area contributed by atoms with Gasteiger partial charge in [0.2, 0.25) is 10.0 Å². The Bertz CT molecular complexity index is 1280. The lowest BCUT2D eigenvalue weighted by molar-refractivity contribution is -0.138. The van der Waals surface area contributed by atoms with Crippen LogP contribution in [0.5, 0.6) is 0 Å². The van der Waals surface area contributed by atoms with Gasteiger partial charge in [0, 0.05) is 5.56 Å². The summed E-state index contributed by atoms with van der Waals surface area (Å²) < 4.78 is 96.0. The zero-order chi connectivity index (χ0) is 21.7. The summed E-state index contributed by atoms with van der Waals surface area (Å²) in [6.45, 7) is 1.21. The van der Waals surface area contributed by atoms with Crippen LogP contribution >= 0.6 is 0 Å². The molecule has 2 N–H and O–H groups in total. The van der Waals surface area contributed by atoms with Crippen molar-refractivity contribution in [1.82, 2.24) is 4.57 Å². The summed E-state index contributed by atoms with van der Waals surface area (Å²) in [6.07, 6.45) is -4.01. The second kappa shape index (κ2) is 6.81. The Balaban J connectivity index is 2.26. The van der Waals surface area contributed by atoms with Crippen LogP contribution in [0.1, 0.15) is 11.1 Å². The van der Waals surface area contributed by atoms with E-state index in [9.17, 15) is 35.2 Å². The molecule has 2 aromatic carbocycles. The highest BCUT2D eigenvalue weighted by molar-refractivity contribution is 7.89. The van der Waals surface area contributed by atoms with E-state index < -0.39 is 55.3 Å². The number of hydrogen-bond donors (Lipinski definition) is 1. The first kappa shape index (κ1) is 20.7. The van der Waals surface area contributed by atoms with Gasteiger partial charge in [-0.3, -0.25) is 0 Å². The summed E-state index contributed by atoms with van der Waals surface area (Å²) in [4.78, 5) is 10.9. The van der Waals surface area contributed by atoms with E-state index in [0.717, 1.165) is 12.1 Å². The van der Waals surface area contributed by atoms with Gasteiger partial charge in [-0.25, -0.2) is 31.7 Å². The van der Waals surface area contributed by atoms with E-state index in [2.05, 4.69) is 4.42 Å². The Labute approximate surface area is 160 Å². The van der Waals surface area contributed by atoms with Crippen molar-refractivity contribution in [3.63, 3.8) is 0 Å². The number of rotatable bonds is 3. The number of sulfonamides is 1. The number of hydrogen-bond acceptors (Lipinski definition) is 4. The van der Waals surface area contributed by atoms with Crippen molar-refractivity contribution in [3.05, 3.63) is 69.9 Å². The largest absolute Gasteiger partial charge is 0.424 e. The number of oxazole rings is 1. The molecule has 29 heavy (non-hydrogen) atoms. The Morgan fingerprint density at radius 2 is 1.72 bits per heavy atom. The zero-order valence-electron chi connectivity index (χ0n) is 14.4. The highest BCUT2D eigenvalue weighted by atomic mass is 32.2. The average Bonchev–Trinajstić information content (AvgIpc) is 2.96. The van der Waals surface area contributed by atoms with Crippen LogP contribution < -0.4 is 10.9 Å². The van der Waals surface area contributed by atoms with Gasteiger partial charge in [0.15, 0.2) is 0 Å². The molecule has 0 unspecified atom stereocenters. The molecule has 0 saturated heterocycles. The number of primary sulfonamides is 1. The quantitative estimate of drug-likeness (QED) is 0.640. The molecule has 0 aliphatic carbocycles. The van der Waals surface area contributed by atoms with Crippen LogP contribution in [0.25, 0.3) is 16.9 Å². The van der Waals surface area contributed by atoms with Crippen LogP contribution in [0.3, 0.4) is 0 Å². The number of alkyl halides is 3. The zero-order valence-corrected chi connectivity index (χ0v) is 15.2. The van der Waals surface area contributed by atoms with E-state index in [1.807, 2.05) is 0 Å². The smallest absolute Gasteiger partial charge is 0.415 e. The van der Waals surface area contributed by atoms with Gasteiger partial charge in [-0.15, -0.1) is 0 Å². The van der Waals surface area contributed by atoms with Crippen LogP contribution in [0.2, 0.25) is 0 Å². The van der Waals surface area contributed by atoms with E-state index in [1.165, 1.54) is 6.92 Å². The molecule has 1 aromatic heterocycles. The monoisotopic (exact) mass is 434 g/mol. The number of aromatic nitrogens is 1. The van der Waals surface area contributed by atoms with Crippen molar-refractivity contribution in [2.75, 3.05) is 0 Å². The molecule has 0 aliphatic heterocycles. The number of benzene rings is 2. The molecule has 0 saturated carbocycles.